The first-order chi connectivity index (χ1) is 8.43. The van der Waals surface area contributed by atoms with Crippen LogP contribution in [0.5, 0.6) is 0 Å². The van der Waals surface area contributed by atoms with E-state index >= 15 is 0 Å². The highest BCUT2D eigenvalue weighted by molar-refractivity contribution is 6.30. The van der Waals surface area contributed by atoms with E-state index in [0.717, 1.165) is 25.1 Å². The van der Waals surface area contributed by atoms with Gasteiger partial charge >= 0.3 is 0 Å². The van der Waals surface area contributed by atoms with Crippen molar-refractivity contribution in [3.05, 3.63) is 34.6 Å². The van der Waals surface area contributed by atoms with Crippen LogP contribution in [-0.4, -0.2) is 24.5 Å². The summed E-state index contributed by atoms with van der Waals surface area (Å²) in [5.74, 6) is -0.369. The van der Waals surface area contributed by atoms with Crippen molar-refractivity contribution in [1.29, 1.82) is 0 Å². The fraction of sp³-hybridized carbons (Fsp3) is 0.571. The van der Waals surface area contributed by atoms with Gasteiger partial charge in [0, 0.05) is 19.1 Å². The highest BCUT2D eigenvalue weighted by Crippen LogP contribution is 2.34. The Hall–Kier alpha value is -0.640. The van der Waals surface area contributed by atoms with Gasteiger partial charge in [-0.3, -0.25) is 4.90 Å². The van der Waals surface area contributed by atoms with Crippen molar-refractivity contribution in [3.63, 3.8) is 0 Å². The SMILES string of the molecule is CC1(C)CCN(C(CN)c2ccc(Cl)c(F)c2)C1. The molecule has 1 saturated heterocycles. The zero-order chi connectivity index (χ0) is 13.3. The van der Waals surface area contributed by atoms with Gasteiger partial charge in [0.05, 0.1) is 5.02 Å². The maximum Gasteiger partial charge on any atom is 0.142 e. The molecule has 1 aliphatic rings. The van der Waals surface area contributed by atoms with E-state index in [1.165, 1.54) is 6.07 Å². The lowest BCUT2D eigenvalue weighted by Gasteiger charge is -2.28. The number of benzene rings is 1. The Balaban J connectivity index is 2.21. The first-order valence-electron chi connectivity index (χ1n) is 6.32. The standard InChI is InChI=1S/C14H20ClFN2/c1-14(2)5-6-18(9-14)13(8-17)10-3-4-11(15)12(16)7-10/h3-4,7,13H,5-6,8-9,17H2,1-2H3. The highest BCUT2D eigenvalue weighted by Gasteiger charge is 2.33. The quantitative estimate of drug-likeness (QED) is 0.914. The number of hydrogen-bond donors (Lipinski definition) is 1. The lowest BCUT2D eigenvalue weighted by molar-refractivity contribution is 0.223. The molecule has 0 saturated carbocycles. The Morgan fingerprint density at radius 3 is 2.72 bits per heavy atom. The molecular formula is C14H20ClFN2. The van der Waals surface area contributed by atoms with E-state index in [1.807, 2.05) is 6.07 Å². The summed E-state index contributed by atoms with van der Waals surface area (Å²) in [5, 5.41) is 0.163. The minimum Gasteiger partial charge on any atom is -0.329 e. The maximum atomic E-state index is 13.5. The number of halogens is 2. The molecule has 1 fully saturated rings. The van der Waals surface area contributed by atoms with Gasteiger partial charge in [-0.05, 0) is 36.1 Å². The summed E-state index contributed by atoms with van der Waals surface area (Å²) in [7, 11) is 0. The van der Waals surface area contributed by atoms with E-state index in [2.05, 4.69) is 18.7 Å². The second-order valence-corrected chi connectivity index (χ2v) is 6.22. The molecule has 1 heterocycles. The molecule has 2 rings (SSSR count). The molecule has 2 N–H and O–H groups in total. The van der Waals surface area contributed by atoms with Crippen LogP contribution in [0.3, 0.4) is 0 Å². The zero-order valence-corrected chi connectivity index (χ0v) is 11.7. The molecule has 0 amide bonds. The number of rotatable bonds is 3. The van der Waals surface area contributed by atoms with Crippen LogP contribution in [0.4, 0.5) is 4.39 Å². The lowest BCUT2D eigenvalue weighted by Crippen LogP contribution is -2.33. The van der Waals surface area contributed by atoms with Gasteiger partial charge in [-0.25, -0.2) is 4.39 Å². The van der Waals surface area contributed by atoms with Gasteiger partial charge in [0.2, 0.25) is 0 Å². The van der Waals surface area contributed by atoms with E-state index in [-0.39, 0.29) is 16.9 Å². The summed E-state index contributed by atoms with van der Waals surface area (Å²) in [6.45, 7) is 7.02. The Kier molecular flexibility index (Phi) is 3.95. The summed E-state index contributed by atoms with van der Waals surface area (Å²) >= 11 is 5.71. The largest absolute Gasteiger partial charge is 0.329 e. The van der Waals surface area contributed by atoms with Crippen LogP contribution in [0.15, 0.2) is 18.2 Å². The van der Waals surface area contributed by atoms with Gasteiger partial charge < -0.3 is 5.73 Å². The molecule has 4 heteroatoms. The first kappa shape index (κ1) is 13.8. The molecule has 2 nitrogen and oxygen atoms in total. The molecule has 1 aromatic carbocycles. The summed E-state index contributed by atoms with van der Waals surface area (Å²) in [5.41, 5.74) is 7.10. The molecule has 18 heavy (non-hydrogen) atoms. The number of nitrogens with zero attached hydrogens (tertiary/aromatic N) is 1. The van der Waals surface area contributed by atoms with Crippen LogP contribution in [-0.2, 0) is 0 Å². The molecule has 0 aromatic heterocycles. The number of likely N-dealkylation sites (tertiary alicyclic amines) is 1. The maximum absolute atomic E-state index is 13.5. The van der Waals surface area contributed by atoms with Crippen molar-refractivity contribution in [3.8, 4) is 0 Å². The number of hydrogen-bond acceptors (Lipinski definition) is 2. The van der Waals surface area contributed by atoms with Crippen LogP contribution in [0, 0.1) is 11.2 Å². The Labute approximate surface area is 113 Å². The highest BCUT2D eigenvalue weighted by atomic mass is 35.5. The topological polar surface area (TPSA) is 29.3 Å². The summed E-state index contributed by atoms with van der Waals surface area (Å²) in [6.07, 6.45) is 1.15. The van der Waals surface area contributed by atoms with Crippen molar-refractivity contribution in [2.24, 2.45) is 11.1 Å². The van der Waals surface area contributed by atoms with Gasteiger partial charge in [-0.15, -0.1) is 0 Å². The van der Waals surface area contributed by atoms with Crippen LogP contribution in [0.2, 0.25) is 5.02 Å². The molecule has 0 aliphatic carbocycles. The Bertz CT molecular complexity index is 434. The normalized spacial score (nSPS) is 21.2. The van der Waals surface area contributed by atoms with Gasteiger partial charge in [-0.2, -0.15) is 0 Å². The molecule has 1 aliphatic heterocycles. The zero-order valence-electron chi connectivity index (χ0n) is 10.9. The third kappa shape index (κ3) is 2.85. The van der Waals surface area contributed by atoms with Crippen molar-refractivity contribution in [2.45, 2.75) is 26.3 Å². The van der Waals surface area contributed by atoms with E-state index in [9.17, 15) is 4.39 Å². The molecular weight excluding hydrogens is 251 g/mol. The third-order valence-electron chi connectivity index (χ3n) is 3.70. The molecule has 0 spiro atoms. The van der Waals surface area contributed by atoms with Gasteiger partial charge in [0.1, 0.15) is 5.82 Å². The van der Waals surface area contributed by atoms with E-state index in [0.29, 0.717) is 12.0 Å². The van der Waals surface area contributed by atoms with Crippen molar-refractivity contribution in [1.82, 2.24) is 4.90 Å². The van der Waals surface area contributed by atoms with Gasteiger partial charge in [0.25, 0.3) is 0 Å². The van der Waals surface area contributed by atoms with Crippen LogP contribution < -0.4 is 5.73 Å². The molecule has 1 atom stereocenters. The van der Waals surface area contributed by atoms with E-state index in [4.69, 9.17) is 17.3 Å². The average molecular weight is 271 g/mol. The second kappa shape index (κ2) is 5.16. The fourth-order valence-corrected chi connectivity index (χ4v) is 2.75. The van der Waals surface area contributed by atoms with Crippen LogP contribution in [0.25, 0.3) is 0 Å². The van der Waals surface area contributed by atoms with Crippen LogP contribution in [0.1, 0.15) is 31.9 Å². The fourth-order valence-electron chi connectivity index (χ4n) is 2.64. The molecule has 100 valence electrons. The third-order valence-corrected chi connectivity index (χ3v) is 4.01. The molecule has 1 aromatic rings. The van der Waals surface area contributed by atoms with Gasteiger partial charge in [0.15, 0.2) is 0 Å². The number of nitrogens with two attached hydrogens (primary N) is 1. The first-order valence-corrected chi connectivity index (χ1v) is 6.70. The molecule has 0 bridgehead atoms. The minimum atomic E-state index is -0.369. The second-order valence-electron chi connectivity index (χ2n) is 5.81. The smallest absolute Gasteiger partial charge is 0.142 e. The lowest BCUT2D eigenvalue weighted by atomic mass is 9.93. The van der Waals surface area contributed by atoms with Crippen molar-refractivity contribution < 1.29 is 4.39 Å². The monoisotopic (exact) mass is 270 g/mol. The van der Waals surface area contributed by atoms with E-state index in [1.54, 1.807) is 6.07 Å². The summed E-state index contributed by atoms with van der Waals surface area (Å²) in [4.78, 5) is 2.34. The van der Waals surface area contributed by atoms with Crippen molar-refractivity contribution in [2.75, 3.05) is 19.6 Å². The van der Waals surface area contributed by atoms with Crippen LogP contribution >= 0.6 is 11.6 Å². The predicted octanol–water partition coefficient (Wildman–Crippen LogP) is 3.21. The summed E-state index contributed by atoms with van der Waals surface area (Å²) in [6, 6.07) is 5.06. The molecule has 1 unspecified atom stereocenters. The van der Waals surface area contributed by atoms with Gasteiger partial charge in [-0.1, -0.05) is 31.5 Å². The average Bonchev–Trinajstić information content (AvgIpc) is 2.65. The Morgan fingerprint density at radius 1 is 1.50 bits per heavy atom. The predicted molar refractivity (Wildman–Crippen MR) is 73.2 cm³/mol. The Morgan fingerprint density at radius 2 is 2.22 bits per heavy atom. The van der Waals surface area contributed by atoms with E-state index < -0.39 is 0 Å². The summed E-state index contributed by atoms with van der Waals surface area (Å²) < 4.78 is 13.5. The molecule has 0 radical (unpaired) electrons. The minimum absolute atomic E-state index is 0.0820. The van der Waals surface area contributed by atoms with Crippen molar-refractivity contribution >= 4 is 11.6 Å².